The molecule has 0 spiro atoms. The van der Waals surface area contributed by atoms with Crippen molar-refractivity contribution in [1.82, 2.24) is 15.3 Å². The molecule has 1 fully saturated rings. The van der Waals surface area contributed by atoms with Crippen molar-refractivity contribution in [3.63, 3.8) is 0 Å². The van der Waals surface area contributed by atoms with Gasteiger partial charge in [0.15, 0.2) is 0 Å². The Morgan fingerprint density at radius 1 is 1.09 bits per heavy atom. The average molecular weight is 316 g/mol. The van der Waals surface area contributed by atoms with Gasteiger partial charge in [-0.05, 0) is 29.7 Å². The Balaban J connectivity index is 1.80. The molecule has 1 unspecified atom stereocenters. The number of anilines is 1. The Kier molecular flexibility index (Phi) is 5.15. The van der Waals surface area contributed by atoms with Gasteiger partial charge < -0.3 is 15.3 Å². The summed E-state index contributed by atoms with van der Waals surface area (Å²) in [6, 6.07) is 6.38. The number of hydrogen-bond donors (Lipinski definition) is 2. The summed E-state index contributed by atoms with van der Waals surface area (Å²) in [7, 11) is 0. The third-order valence-corrected chi connectivity index (χ3v) is 4.15. The number of rotatable bonds is 5. The number of nitrogens with zero attached hydrogens (tertiary/aromatic N) is 3. The molecule has 0 aliphatic carbocycles. The molecule has 23 heavy (non-hydrogen) atoms. The van der Waals surface area contributed by atoms with Crippen LogP contribution in [0.4, 0.5) is 10.3 Å². The fraction of sp³-hybridized carbons (Fsp3) is 0.412. The van der Waals surface area contributed by atoms with Gasteiger partial charge in [-0.25, -0.2) is 14.4 Å². The molecule has 1 saturated heterocycles. The summed E-state index contributed by atoms with van der Waals surface area (Å²) < 4.78 is 13.1. The molecule has 2 N–H and O–H groups in total. The maximum absolute atomic E-state index is 13.1. The van der Waals surface area contributed by atoms with Crippen LogP contribution in [0, 0.1) is 5.82 Å². The first-order chi connectivity index (χ1) is 11.3. The second-order valence-electron chi connectivity index (χ2n) is 5.67. The molecule has 122 valence electrons. The zero-order valence-corrected chi connectivity index (χ0v) is 13.0. The topological polar surface area (TPSA) is 61.3 Å². The molecule has 2 heterocycles. The second kappa shape index (κ2) is 7.48. The first-order valence-electron chi connectivity index (χ1n) is 7.92. The minimum Gasteiger partial charge on any atom is -0.396 e. The number of piperazine rings is 1. The summed E-state index contributed by atoms with van der Waals surface area (Å²) in [4.78, 5) is 11.1. The third-order valence-electron chi connectivity index (χ3n) is 4.15. The van der Waals surface area contributed by atoms with E-state index in [0.29, 0.717) is 6.42 Å². The number of hydrogen-bond acceptors (Lipinski definition) is 5. The Morgan fingerprint density at radius 2 is 1.74 bits per heavy atom. The summed E-state index contributed by atoms with van der Waals surface area (Å²) in [5, 5.41) is 12.6. The molecule has 0 saturated carbocycles. The van der Waals surface area contributed by atoms with Crippen LogP contribution in [0.25, 0.3) is 0 Å². The largest absolute Gasteiger partial charge is 0.396 e. The van der Waals surface area contributed by atoms with E-state index in [4.69, 9.17) is 0 Å². The van der Waals surface area contributed by atoms with E-state index in [-0.39, 0.29) is 18.3 Å². The number of nitrogens with one attached hydrogen (secondary N) is 1. The van der Waals surface area contributed by atoms with Crippen molar-refractivity contribution in [2.75, 3.05) is 37.7 Å². The molecule has 2 aromatic rings. The molecule has 1 aliphatic heterocycles. The predicted octanol–water partition coefficient (Wildman–Crippen LogP) is 1.54. The molecular formula is C17H21FN4O. The van der Waals surface area contributed by atoms with E-state index in [1.807, 2.05) is 12.4 Å². The van der Waals surface area contributed by atoms with Crippen LogP contribution in [0.2, 0.25) is 0 Å². The highest BCUT2D eigenvalue weighted by Crippen LogP contribution is 2.27. The molecule has 1 aromatic heterocycles. The van der Waals surface area contributed by atoms with Gasteiger partial charge >= 0.3 is 0 Å². The molecule has 5 nitrogen and oxygen atoms in total. The van der Waals surface area contributed by atoms with Gasteiger partial charge in [0.1, 0.15) is 5.82 Å². The minimum absolute atomic E-state index is 0.0299. The Hall–Kier alpha value is -2.05. The van der Waals surface area contributed by atoms with E-state index >= 15 is 0 Å². The Labute approximate surface area is 135 Å². The van der Waals surface area contributed by atoms with E-state index in [1.54, 1.807) is 12.1 Å². The molecule has 1 aromatic carbocycles. The summed E-state index contributed by atoms with van der Waals surface area (Å²) >= 11 is 0. The van der Waals surface area contributed by atoms with Gasteiger partial charge in [-0.1, -0.05) is 12.1 Å². The summed E-state index contributed by atoms with van der Waals surface area (Å²) in [5.41, 5.74) is 1.89. The van der Waals surface area contributed by atoms with E-state index in [0.717, 1.165) is 43.3 Å². The Morgan fingerprint density at radius 3 is 2.35 bits per heavy atom. The van der Waals surface area contributed by atoms with Crippen molar-refractivity contribution in [2.24, 2.45) is 0 Å². The smallest absolute Gasteiger partial charge is 0.225 e. The maximum atomic E-state index is 13.1. The summed E-state index contributed by atoms with van der Waals surface area (Å²) in [6.45, 7) is 3.73. The average Bonchev–Trinajstić information content (AvgIpc) is 2.62. The minimum atomic E-state index is -0.262. The highest BCUT2D eigenvalue weighted by atomic mass is 19.1. The van der Waals surface area contributed by atoms with Crippen LogP contribution in [-0.4, -0.2) is 47.9 Å². The normalized spacial score (nSPS) is 16.3. The van der Waals surface area contributed by atoms with Gasteiger partial charge in [-0.2, -0.15) is 0 Å². The SMILES string of the molecule is OCCC(c1ccc(F)cc1)c1cnc(N2CCNCC2)nc1. The van der Waals surface area contributed by atoms with Crippen LogP contribution < -0.4 is 10.2 Å². The first-order valence-corrected chi connectivity index (χ1v) is 7.92. The van der Waals surface area contributed by atoms with Gasteiger partial charge in [0.25, 0.3) is 0 Å². The second-order valence-corrected chi connectivity index (χ2v) is 5.67. The van der Waals surface area contributed by atoms with Crippen LogP contribution in [0.15, 0.2) is 36.7 Å². The lowest BCUT2D eigenvalue weighted by Gasteiger charge is -2.27. The predicted molar refractivity (Wildman–Crippen MR) is 87.1 cm³/mol. The van der Waals surface area contributed by atoms with E-state index in [9.17, 15) is 9.50 Å². The van der Waals surface area contributed by atoms with Gasteiger partial charge in [-0.3, -0.25) is 0 Å². The summed E-state index contributed by atoms with van der Waals surface area (Å²) in [6.07, 6.45) is 4.18. The Bertz CT molecular complexity index is 611. The fourth-order valence-electron chi connectivity index (χ4n) is 2.89. The molecule has 1 aliphatic rings. The van der Waals surface area contributed by atoms with Gasteiger partial charge in [0.2, 0.25) is 5.95 Å². The summed E-state index contributed by atoms with van der Waals surface area (Å²) in [5.74, 6) is 0.441. The van der Waals surface area contributed by atoms with Crippen molar-refractivity contribution < 1.29 is 9.50 Å². The number of halogens is 1. The number of aliphatic hydroxyl groups excluding tert-OH is 1. The lowest BCUT2D eigenvalue weighted by Crippen LogP contribution is -2.44. The van der Waals surface area contributed by atoms with E-state index < -0.39 is 0 Å². The monoisotopic (exact) mass is 316 g/mol. The van der Waals surface area contributed by atoms with Crippen LogP contribution in [0.3, 0.4) is 0 Å². The van der Waals surface area contributed by atoms with Crippen molar-refractivity contribution in [3.05, 3.63) is 53.6 Å². The van der Waals surface area contributed by atoms with Crippen molar-refractivity contribution in [2.45, 2.75) is 12.3 Å². The molecule has 1 atom stereocenters. The van der Waals surface area contributed by atoms with Crippen molar-refractivity contribution >= 4 is 5.95 Å². The van der Waals surface area contributed by atoms with Crippen molar-refractivity contribution in [3.8, 4) is 0 Å². The maximum Gasteiger partial charge on any atom is 0.225 e. The molecule has 0 radical (unpaired) electrons. The van der Waals surface area contributed by atoms with Crippen molar-refractivity contribution in [1.29, 1.82) is 0 Å². The van der Waals surface area contributed by atoms with Crippen LogP contribution in [-0.2, 0) is 0 Å². The number of aromatic nitrogens is 2. The molecule has 3 rings (SSSR count). The molecular weight excluding hydrogens is 295 g/mol. The fourth-order valence-corrected chi connectivity index (χ4v) is 2.89. The lowest BCUT2D eigenvalue weighted by molar-refractivity contribution is 0.281. The first kappa shape index (κ1) is 15.8. The molecule has 0 amide bonds. The highest BCUT2D eigenvalue weighted by molar-refractivity contribution is 5.35. The zero-order valence-electron chi connectivity index (χ0n) is 13.0. The zero-order chi connectivity index (χ0) is 16.1. The van der Waals surface area contributed by atoms with E-state index in [2.05, 4.69) is 20.2 Å². The van der Waals surface area contributed by atoms with Crippen LogP contribution >= 0.6 is 0 Å². The lowest BCUT2D eigenvalue weighted by atomic mass is 9.90. The van der Waals surface area contributed by atoms with E-state index in [1.165, 1.54) is 12.1 Å². The number of benzene rings is 1. The molecule has 6 heteroatoms. The van der Waals surface area contributed by atoms with Crippen LogP contribution in [0.5, 0.6) is 0 Å². The van der Waals surface area contributed by atoms with Gasteiger partial charge in [0, 0.05) is 51.1 Å². The quantitative estimate of drug-likeness (QED) is 0.876. The molecule has 0 bridgehead atoms. The number of aliphatic hydroxyl groups is 1. The van der Waals surface area contributed by atoms with Gasteiger partial charge in [-0.15, -0.1) is 0 Å². The third kappa shape index (κ3) is 3.83. The highest BCUT2D eigenvalue weighted by Gasteiger charge is 2.17. The van der Waals surface area contributed by atoms with Gasteiger partial charge in [0.05, 0.1) is 0 Å². The standard InChI is InChI=1S/C17H21FN4O/c18-15-3-1-13(2-4-15)16(5-10-23)14-11-20-17(21-12-14)22-8-6-19-7-9-22/h1-4,11-12,16,19,23H,5-10H2. The van der Waals surface area contributed by atoms with Crippen LogP contribution in [0.1, 0.15) is 23.5 Å².